The molecule has 0 N–H and O–H groups in total. The van der Waals surface area contributed by atoms with E-state index in [9.17, 15) is 0 Å². The smallest absolute Gasteiger partial charge is 0.144 e. The standard InChI is InChI=1S/C36H29NO/c1-36(2,3)24-20-21-26(30(22-24)23-12-5-4-6-13-23)33-28-15-7-9-18-31(28)37-34(33)29-17-11-16-27-25-14-8-10-19-32(25)38-35(27)29/h4-22,33H,1-3H3. The summed E-state index contributed by atoms with van der Waals surface area (Å²) >= 11 is 0. The van der Waals surface area contributed by atoms with Gasteiger partial charge in [0.1, 0.15) is 11.2 Å². The van der Waals surface area contributed by atoms with Gasteiger partial charge in [-0.1, -0.05) is 118 Å². The van der Waals surface area contributed by atoms with Crippen molar-refractivity contribution in [1.82, 2.24) is 0 Å². The number of nitrogens with zero attached hydrogens (tertiary/aromatic N) is 1. The van der Waals surface area contributed by atoms with E-state index in [4.69, 9.17) is 9.41 Å². The zero-order chi connectivity index (χ0) is 25.9. The first-order chi connectivity index (χ1) is 18.5. The lowest BCUT2D eigenvalue weighted by Gasteiger charge is -2.25. The van der Waals surface area contributed by atoms with Gasteiger partial charge in [-0.25, -0.2) is 0 Å². The van der Waals surface area contributed by atoms with Crippen molar-refractivity contribution in [2.24, 2.45) is 4.99 Å². The molecule has 0 spiro atoms. The first-order valence-electron chi connectivity index (χ1n) is 13.3. The van der Waals surface area contributed by atoms with E-state index >= 15 is 0 Å². The molecule has 6 aromatic rings. The molecule has 0 fully saturated rings. The molecule has 0 aliphatic carbocycles. The SMILES string of the molecule is CC(C)(C)c1ccc(C2C(c3cccc4c3oc3ccccc34)=Nc3ccccc32)c(-c2ccccc2)c1. The second-order valence-electron chi connectivity index (χ2n) is 11.2. The average Bonchev–Trinajstić information content (AvgIpc) is 3.51. The molecule has 2 heteroatoms. The summed E-state index contributed by atoms with van der Waals surface area (Å²) in [6, 6.07) is 41.0. The molecule has 5 aromatic carbocycles. The Morgan fingerprint density at radius 3 is 2.21 bits per heavy atom. The summed E-state index contributed by atoms with van der Waals surface area (Å²) < 4.78 is 6.48. The molecule has 0 amide bonds. The Labute approximate surface area is 223 Å². The van der Waals surface area contributed by atoms with Gasteiger partial charge in [-0.15, -0.1) is 0 Å². The second kappa shape index (κ2) is 8.56. The van der Waals surface area contributed by atoms with Crippen LogP contribution in [-0.2, 0) is 5.41 Å². The van der Waals surface area contributed by atoms with Crippen LogP contribution in [-0.4, -0.2) is 5.71 Å². The van der Waals surface area contributed by atoms with Gasteiger partial charge in [0.2, 0.25) is 0 Å². The predicted molar refractivity (Wildman–Crippen MR) is 159 cm³/mol. The van der Waals surface area contributed by atoms with Crippen LogP contribution < -0.4 is 0 Å². The maximum absolute atomic E-state index is 6.48. The van der Waals surface area contributed by atoms with E-state index in [2.05, 4.69) is 124 Å². The second-order valence-corrected chi connectivity index (χ2v) is 11.2. The largest absolute Gasteiger partial charge is 0.455 e. The summed E-state index contributed by atoms with van der Waals surface area (Å²) in [5.41, 5.74) is 11.3. The molecule has 2 nitrogen and oxygen atoms in total. The van der Waals surface area contributed by atoms with E-state index in [0.717, 1.165) is 38.9 Å². The zero-order valence-electron chi connectivity index (χ0n) is 21.9. The minimum atomic E-state index is -0.00534. The minimum absolute atomic E-state index is 0.00534. The van der Waals surface area contributed by atoms with Crippen molar-refractivity contribution in [2.75, 3.05) is 0 Å². The molecule has 0 saturated carbocycles. The molecule has 7 rings (SSSR count). The van der Waals surface area contributed by atoms with Crippen molar-refractivity contribution >= 4 is 33.3 Å². The predicted octanol–water partition coefficient (Wildman–Crippen LogP) is 9.82. The summed E-state index contributed by atoms with van der Waals surface area (Å²) in [6.45, 7) is 6.82. The molecule has 1 aliphatic heterocycles. The molecular formula is C36H29NO. The summed E-state index contributed by atoms with van der Waals surface area (Å²) in [7, 11) is 0. The molecule has 184 valence electrons. The molecule has 0 bridgehead atoms. The Hall–Kier alpha value is -4.43. The summed E-state index contributed by atoms with van der Waals surface area (Å²) in [4.78, 5) is 5.26. The van der Waals surface area contributed by atoms with E-state index in [1.54, 1.807) is 0 Å². The molecular weight excluding hydrogens is 462 g/mol. The van der Waals surface area contributed by atoms with E-state index in [0.29, 0.717) is 0 Å². The summed E-state index contributed by atoms with van der Waals surface area (Å²) in [5, 5.41) is 2.26. The Morgan fingerprint density at radius 2 is 1.37 bits per heavy atom. The fourth-order valence-electron chi connectivity index (χ4n) is 5.80. The van der Waals surface area contributed by atoms with Gasteiger partial charge in [-0.2, -0.15) is 0 Å². The van der Waals surface area contributed by atoms with E-state index < -0.39 is 0 Å². The van der Waals surface area contributed by atoms with Gasteiger partial charge in [-0.05, 0) is 51.4 Å². The average molecular weight is 492 g/mol. The monoisotopic (exact) mass is 491 g/mol. The molecule has 0 saturated heterocycles. The highest BCUT2D eigenvalue weighted by atomic mass is 16.3. The lowest BCUT2D eigenvalue weighted by atomic mass is 9.78. The third-order valence-electron chi connectivity index (χ3n) is 7.76. The molecule has 2 heterocycles. The summed E-state index contributed by atoms with van der Waals surface area (Å²) in [5.74, 6) is -0.00534. The number of benzene rings is 5. The normalized spacial score (nSPS) is 15.1. The van der Waals surface area contributed by atoms with Crippen LogP contribution in [0.25, 0.3) is 33.1 Å². The number of para-hydroxylation sites is 3. The van der Waals surface area contributed by atoms with E-state index in [-0.39, 0.29) is 11.3 Å². The molecule has 1 unspecified atom stereocenters. The highest BCUT2D eigenvalue weighted by Crippen LogP contribution is 2.46. The van der Waals surface area contributed by atoms with Gasteiger partial charge >= 0.3 is 0 Å². The Bertz CT molecular complexity index is 1850. The number of furan rings is 1. The highest BCUT2D eigenvalue weighted by Gasteiger charge is 2.33. The van der Waals surface area contributed by atoms with Crippen molar-refractivity contribution < 1.29 is 4.42 Å². The Kier molecular flexibility index (Phi) is 5.13. The Morgan fingerprint density at radius 1 is 0.632 bits per heavy atom. The van der Waals surface area contributed by atoms with Crippen LogP contribution in [0.3, 0.4) is 0 Å². The third kappa shape index (κ3) is 3.60. The number of hydrogen-bond acceptors (Lipinski definition) is 2. The van der Waals surface area contributed by atoms with Gasteiger partial charge in [0, 0.05) is 16.3 Å². The maximum atomic E-state index is 6.48. The van der Waals surface area contributed by atoms with Crippen molar-refractivity contribution in [3.63, 3.8) is 0 Å². The van der Waals surface area contributed by atoms with Crippen molar-refractivity contribution in [3.8, 4) is 11.1 Å². The van der Waals surface area contributed by atoms with Crippen LogP contribution in [0.15, 0.2) is 125 Å². The molecule has 1 aromatic heterocycles. The number of aliphatic imine (C=N–C) groups is 1. The van der Waals surface area contributed by atoms with Crippen LogP contribution in [0.5, 0.6) is 0 Å². The highest BCUT2D eigenvalue weighted by molar-refractivity contribution is 6.20. The zero-order valence-corrected chi connectivity index (χ0v) is 21.9. The third-order valence-corrected chi connectivity index (χ3v) is 7.76. The molecule has 1 aliphatic rings. The summed E-state index contributed by atoms with van der Waals surface area (Å²) in [6.07, 6.45) is 0. The topological polar surface area (TPSA) is 25.5 Å². The Balaban J connectivity index is 1.50. The van der Waals surface area contributed by atoms with E-state index in [1.807, 2.05) is 12.1 Å². The van der Waals surface area contributed by atoms with Crippen molar-refractivity contribution in [2.45, 2.75) is 32.1 Å². The lowest BCUT2D eigenvalue weighted by molar-refractivity contribution is 0.590. The van der Waals surface area contributed by atoms with Gasteiger partial charge in [0.25, 0.3) is 0 Å². The van der Waals surface area contributed by atoms with Crippen LogP contribution in [0.1, 0.15) is 48.9 Å². The van der Waals surface area contributed by atoms with Crippen molar-refractivity contribution in [3.05, 3.63) is 138 Å². The van der Waals surface area contributed by atoms with Gasteiger partial charge in [-0.3, -0.25) is 4.99 Å². The number of fused-ring (bicyclic) bond motifs is 4. The van der Waals surface area contributed by atoms with Crippen LogP contribution in [0, 0.1) is 0 Å². The first-order valence-corrected chi connectivity index (χ1v) is 13.3. The van der Waals surface area contributed by atoms with E-state index in [1.165, 1.54) is 27.8 Å². The van der Waals surface area contributed by atoms with Crippen molar-refractivity contribution in [1.29, 1.82) is 0 Å². The fraction of sp³-hybridized carbons (Fsp3) is 0.139. The van der Waals surface area contributed by atoms with Crippen LogP contribution >= 0.6 is 0 Å². The van der Waals surface area contributed by atoms with Gasteiger partial charge in [0.05, 0.1) is 17.3 Å². The first kappa shape index (κ1) is 22.7. The quantitative estimate of drug-likeness (QED) is 0.242. The molecule has 1 atom stereocenters. The number of hydrogen-bond donors (Lipinski definition) is 0. The lowest BCUT2D eigenvalue weighted by Crippen LogP contribution is -2.15. The molecule has 38 heavy (non-hydrogen) atoms. The minimum Gasteiger partial charge on any atom is -0.455 e. The maximum Gasteiger partial charge on any atom is 0.144 e. The van der Waals surface area contributed by atoms with Crippen LogP contribution in [0.2, 0.25) is 0 Å². The number of rotatable bonds is 3. The van der Waals surface area contributed by atoms with Crippen LogP contribution in [0.4, 0.5) is 5.69 Å². The van der Waals surface area contributed by atoms with Gasteiger partial charge < -0.3 is 4.42 Å². The van der Waals surface area contributed by atoms with Gasteiger partial charge in [0.15, 0.2) is 0 Å². The fourth-order valence-corrected chi connectivity index (χ4v) is 5.80. The molecule has 0 radical (unpaired) electrons.